The number of nitrogens with two attached hydrogens (primary N) is 1. The summed E-state index contributed by atoms with van der Waals surface area (Å²) in [6.07, 6.45) is 6.93. The van der Waals surface area contributed by atoms with Gasteiger partial charge in [-0.1, -0.05) is 0 Å². The molecule has 0 radical (unpaired) electrons. The van der Waals surface area contributed by atoms with Crippen LogP contribution in [0.25, 0.3) is 0 Å². The molecule has 2 unspecified atom stereocenters. The zero-order valence-corrected chi connectivity index (χ0v) is 7.55. The number of rotatable bonds is 1. The number of nitrogens with one attached hydrogen (secondary N) is 1. The van der Waals surface area contributed by atoms with Crippen LogP contribution < -0.4 is 11.1 Å². The van der Waals surface area contributed by atoms with Gasteiger partial charge in [0.1, 0.15) is 0 Å². The second kappa shape index (κ2) is 2.24. The molecule has 4 aliphatic rings. The molecule has 2 nitrogen and oxygen atoms in total. The highest BCUT2D eigenvalue weighted by Gasteiger charge is 2.55. The van der Waals surface area contributed by atoms with Crippen LogP contribution in [-0.4, -0.2) is 18.6 Å². The third-order valence-electron chi connectivity index (χ3n) is 4.48. The molecule has 0 spiro atoms. The van der Waals surface area contributed by atoms with E-state index in [2.05, 4.69) is 5.32 Å². The number of piperidine rings is 2. The third kappa shape index (κ3) is 0.775. The Morgan fingerprint density at radius 2 is 2.08 bits per heavy atom. The van der Waals surface area contributed by atoms with Crippen LogP contribution in [0.2, 0.25) is 0 Å². The monoisotopic (exact) mass is 166 g/mol. The summed E-state index contributed by atoms with van der Waals surface area (Å²) in [4.78, 5) is 0. The molecule has 12 heavy (non-hydrogen) atoms. The fraction of sp³-hybridized carbons (Fsp3) is 1.00. The largest absolute Gasteiger partial charge is 0.327 e. The minimum absolute atomic E-state index is 0.545. The van der Waals surface area contributed by atoms with Crippen LogP contribution in [0, 0.1) is 11.3 Å². The van der Waals surface area contributed by atoms with E-state index in [4.69, 9.17) is 5.73 Å². The molecule has 2 atom stereocenters. The number of fused-ring (bicyclic) bond motifs is 2. The molecule has 0 amide bonds. The van der Waals surface area contributed by atoms with Crippen molar-refractivity contribution < 1.29 is 0 Å². The van der Waals surface area contributed by atoms with Gasteiger partial charge in [0.05, 0.1) is 0 Å². The lowest BCUT2D eigenvalue weighted by atomic mass is 9.49. The molecule has 0 aromatic carbocycles. The van der Waals surface area contributed by atoms with Crippen molar-refractivity contribution in [3.63, 3.8) is 0 Å². The minimum Gasteiger partial charge on any atom is -0.327 e. The Labute approximate surface area is 73.9 Å². The van der Waals surface area contributed by atoms with Crippen molar-refractivity contribution in [1.29, 1.82) is 0 Å². The molecule has 68 valence electrons. The van der Waals surface area contributed by atoms with E-state index in [1.807, 2.05) is 0 Å². The minimum atomic E-state index is 0.545. The van der Waals surface area contributed by atoms with E-state index in [0.717, 1.165) is 12.0 Å². The summed E-state index contributed by atoms with van der Waals surface area (Å²) in [6.45, 7) is 1.24. The van der Waals surface area contributed by atoms with E-state index >= 15 is 0 Å². The zero-order valence-electron chi connectivity index (χ0n) is 7.55. The Kier molecular flexibility index (Phi) is 1.37. The quantitative estimate of drug-likeness (QED) is 0.606. The van der Waals surface area contributed by atoms with Crippen LogP contribution in [0.3, 0.4) is 0 Å². The van der Waals surface area contributed by atoms with Gasteiger partial charge in [-0.25, -0.2) is 0 Å². The molecule has 2 heteroatoms. The van der Waals surface area contributed by atoms with Crippen molar-refractivity contribution in [3.05, 3.63) is 0 Å². The van der Waals surface area contributed by atoms with E-state index in [1.54, 1.807) is 0 Å². The molecule has 2 saturated carbocycles. The van der Waals surface area contributed by atoms with E-state index in [-0.39, 0.29) is 0 Å². The van der Waals surface area contributed by atoms with Gasteiger partial charge >= 0.3 is 0 Å². The summed E-state index contributed by atoms with van der Waals surface area (Å²) in [5.41, 5.74) is 6.74. The maximum absolute atomic E-state index is 6.04. The molecule has 4 fully saturated rings. The van der Waals surface area contributed by atoms with Gasteiger partial charge in [-0.2, -0.15) is 0 Å². The molecule has 2 aliphatic heterocycles. The molecule has 3 N–H and O–H groups in total. The first-order valence-electron chi connectivity index (χ1n) is 5.29. The van der Waals surface area contributed by atoms with Crippen LogP contribution in [0.15, 0.2) is 0 Å². The fourth-order valence-corrected chi connectivity index (χ4v) is 3.57. The first kappa shape index (κ1) is 7.34. The molecular formula is C10H18N2. The molecule has 0 aromatic heterocycles. The van der Waals surface area contributed by atoms with Crippen molar-refractivity contribution in [3.8, 4) is 0 Å². The van der Waals surface area contributed by atoms with Crippen molar-refractivity contribution in [2.45, 2.75) is 44.2 Å². The van der Waals surface area contributed by atoms with E-state index < -0.39 is 0 Å². The van der Waals surface area contributed by atoms with Gasteiger partial charge in [0, 0.05) is 12.1 Å². The first-order chi connectivity index (χ1) is 5.80. The molecule has 4 rings (SSSR count). The van der Waals surface area contributed by atoms with E-state index in [1.165, 1.54) is 38.6 Å². The van der Waals surface area contributed by atoms with Crippen LogP contribution in [0.1, 0.15) is 32.1 Å². The first-order valence-corrected chi connectivity index (χ1v) is 5.29. The second-order valence-corrected chi connectivity index (χ2v) is 5.02. The summed E-state index contributed by atoms with van der Waals surface area (Å²) in [6, 6.07) is 1.40. The molecule has 2 saturated heterocycles. The summed E-state index contributed by atoms with van der Waals surface area (Å²) >= 11 is 0. The summed E-state index contributed by atoms with van der Waals surface area (Å²) < 4.78 is 0. The average Bonchev–Trinajstić information content (AvgIpc) is 2.01. The Hall–Kier alpha value is -0.0800. The van der Waals surface area contributed by atoms with Crippen molar-refractivity contribution in [2.75, 3.05) is 6.54 Å². The van der Waals surface area contributed by atoms with Gasteiger partial charge in [-0.3, -0.25) is 0 Å². The topological polar surface area (TPSA) is 38.0 Å². The second-order valence-electron chi connectivity index (χ2n) is 5.02. The normalized spacial score (nSPS) is 57.2. The highest BCUT2D eigenvalue weighted by atomic mass is 15.0. The highest BCUT2D eigenvalue weighted by molar-refractivity contribution is 5.09. The summed E-state index contributed by atoms with van der Waals surface area (Å²) in [7, 11) is 0. The molecule has 2 aliphatic carbocycles. The van der Waals surface area contributed by atoms with Crippen molar-refractivity contribution in [1.82, 2.24) is 5.32 Å². The van der Waals surface area contributed by atoms with Crippen molar-refractivity contribution >= 4 is 0 Å². The lowest BCUT2D eigenvalue weighted by Crippen LogP contribution is -2.63. The lowest BCUT2D eigenvalue weighted by molar-refractivity contribution is -0.0688. The predicted octanol–water partition coefficient (Wildman–Crippen LogP) is 0.866. The van der Waals surface area contributed by atoms with Gasteiger partial charge in [0.2, 0.25) is 0 Å². The van der Waals surface area contributed by atoms with Gasteiger partial charge < -0.3 is 11.1 Å². The van der Waals surface area contributed by atoms with Gasteiger partial charge in [0.25, 0.3) is 0 Å². The molecule has 2 bridgehead atoms. The predicted molar refractivity (Wildman–Crippen MR) is 48.8 cm³/mol. The maximum Gasteiger partial charge on any atom is 0.00779 e. The maximum atomic E-state index is 6.04. The van der Waals surface area contributed by atoms with Crippen LogP contribution in [0.4, 0.5) is 0 Å². The number of hydrogen-bond donors (Lipinski definition) is 2. The Morgan fingerprint density at radius 3 is 2.50 bits per heavy atom. The summed E-state index contributed by atoms with van der Waals surface area (Å²) in [5, 5.41) is 3.55. The number of hydrogen-bond acceptors (Lipinski definition) is 2. The van der Waals surface area contributed by atoms with Gasteiger partial charge in [-0.15, -0.1) is 0 Å². The van der Waals surface area contributed by atoms with Crippen molar-refractivity contribution in [2.24, 2.45) is 17.1 Å². The van der Waals surface area contributed by atoms with E-state index in [9.17, 15) is 0 Å². The molecule has 0 aromatic rings. The standard InChI is InChI=1S/C10H18N2/c11-9-2-1-8(9)10-3-4-12-7(5-10)6-10/h7-9,12H,1-6,11H2. The van der Waals surface area contributed by atoms with Gasteiger partial charge in [-0.05, 0) is 50.0 Å². The highest BCUT2D eigenvalue weighted by Crippen LogP contribution is 2.57. The molecule has 2 heterocycles. The van der Waals surface area contributed by atoms with E-state index in [0.29, 0.717) is 11.5 Å². The average molecular weight is 166 g/mol. The van der Waals surface area contributed by atoms with Crippen LogP contribution >= 0.6 is 0 Å². The zero-order chi connectivity index (χ0) is 8.18. The Bertz CT molecular complexity index is 191. The molecular weight excluding hydrogens is 148 g/mol. The van der Waals surface area contributed by atoms with Gasteiger partial charge in [0.15, 0.2) is 0 Å². The summed E-state index contributed by atoms with van der Waals surface area (Å²) in [5.74, 6) is 0.885. The van der Waals surface area contributed by atoms with Crippen LogP contribution in [0.5, 0.6) is 0 Å². The van der Waals surface area contributed by atoms with Crippen LogP contribution in [-0.2, 0) is 0 Å². The Morgan fingerprint density at radius 1 is 1.25 bits per heavy atom. The smallest absolute Gasteiger partial charge is 0.00779 e. The fourth-order valence-electron chi connectivity index (χ4n) is 3.57. The lowest BCUT2D eigenvalue weighted by Gasteiger charge is -2.61. The SMILES string of the molecule is NC1CCC1C12CCNC(C1)C2. The third-order valence-corrected chi connectivity index (χ3v) is 4.48. The Balaban J connectivity index is 1.74.